The monoisotopic (exact) mass is 452 g/mol. The van der Waals surface area contributed by atoms with Crippen LogP contribution in [0.1, 0.15) is 60.7 Å². The van der Waals surface area contributed by atoms with Crippen LogP contribution in [0.25, 0.3) is 0 Å². The smallest absolute Gasteiger partial charge is 0.349 e. The Morgan fingerprint density at radius 2 is 2.00 bits per heavy atom. The number of ether oxygens (including phenoxy) is 1. The molecule has 9 nitrogen and oxygen atoms in total. The van der Waals surface area contributed by atoms with E-state index in [1.807, 2.05) is 0 Å². The van der Waals surface area contributed by atoms with E-state index >= 15 is 0 Å². The Labute approximate surface area is 178 Å². The van der Waals surface area contributed by atoms with E-state index < -0.39 is 21.8 Å². The first-order chi connectivity index (χ1) is 14.4. The zero-order valence-corrected chi connectivity index (χ0v) is 18.2. The number of amides is 1. The quantitative estimate of drug-likeness (QED) is 0.611. The SMILES string of the molecule is COC(=O)c1cnc(NC(=O)C(CC2CCCC2)n2cc(S(=O)(=O)C3CC3)cn2)s1. The third-order valence-electron chi connectivity index (χ3n) is 5.65. The molecule has 0 aromatic carbocycles. The van der Waals surface area contributed by atoms with Crippen LogP contribution in [0.5, 0.6) is 0 Å². The molecule has 1 amide bonds. The van der Waals surface area contributed by atoms with Gasteiger partial charge in [-0.05, 0) is 25.2 Å². The van der Waals surface area contributed by atoms with Crippen molar-refractivity contribution >= 4 is 38.2 Å². The molecule has 2 aromatic heterocycles. The first kappa shape index (κ1) is 21.0. The van der Waals surface area contributed by atoms with E-state index in [0.717, 1.165) is 37.0 Å². The molecule has 0 spiro atoms. The molecular weight excluding hydrogens is 428 g/mol. The number of sulfone groups is 1. The standard InChI is InChI=1S/C19H24N4O5S2/c1-28-18(25)16-10-20-19(29-16)22-17(24)15(8-12-4-2-3-5-12)23-11-14(9-21-23)30(26,27)13-6-7-13/h9-13,15H,2-8H2,1H3,(H,20,22,24). The number of nitrogens with zero attached hydrogens (tertiary/aromatic N) is 3. The number of carbonyl (C=O) groups is 2. The first-order valence-corrected chi connectivity index (χ1v) is 12.4. The molecule has 0 radical (unpaired) electrons. The zero-order chi connectivity index (χ0) is 21.3. The van der Waals surface area contributed by atoms with E-state index in [4.69, 9.17) is 0 Å². The number of anilines is 1. The maximum absolute atomic E-state index is 13.1. The van der Waals surface area contributed by atoms with Crippen LogP contribution in [0.2, 0.25) is 0 Å². The highest BCUT2D eigenvalue weighted by Gasteiger charge is 2.38. The van der Waals surface area contributed by atoms with Crippen molar-refractivity contribution in [1.29, 1.82) is 0 Å². The van der Waals surface area contributed by atoms with Gasteiger partial charge in [0.1, 0.15) is 15.8 Å². The summed E-state index contributed by atoms with van der Waals surface area (Å²) in [5.41, 5.74) is 0. The van der Waals surface area contributed by atoms with Gasteiger partial charge in [0, 0.05) is 6.20 Å². The third kappa shape index (κ3) is 4.41. The van der Waals surface area contributed by atoms with E-state index in [9.17, 15) is 18.0 Å². The summed E-state index contributed by atoms with van der Waals surface area (Å²) >= 11 is 1.03. The van der Waals surface area contributed by atoms with Crippen LogP contribution in [0.15, 0.2) is 23.5 Å². The summed E-state index contributed by atoms with van der Waals surface area (Å²) in [7, 11) is -2.10. The molecule has 2 aromatic rings. The summed E-state index contributed by atoms with van der Waals surface area (Å²) < 4.78 is 31.2. The van der Waals surface area contributed by atoms with Crippen molar-refractivity contribution < 1.29 is 22.7 Å². The van der Waals surface area contributed by atoms with Crippen molar-refractivity contribution in [2.75, 3.05) is 12.4 Å². The fourth-order valence-electron chi connectivity index (χ4n) is 3.82. The van der Waals surface area contributed by atoms with Gasteiger partial charge in [-0.15, -0.1) is 0 Å². The van der Waals surface area contributed by atoms with Crippen LogP contribution in [0, 0.1) is 5.92 Å². The number of carbonyl (C=O) groups excluding carboxylic acids is 2. The Morgan fingerprint density at radius 1 is 1.27 bits per heavy atom. The molecule has 1 unspecified atom stereocenters. The Kier molecular flexibility index (Phi) is 5.92. The van der Waals surface area contributed by atoms with E-state index in [1.165, 1.54) is 30.4 Å². The van der Waals surface area contributed by atoms with Gasteiger partial charge in [0.05, 0.1) is 24.8 Å². The number of aromatic nitrogens is 3. The minimum absolute atomic E-state index is 0.163. The highest BCUT2D eigenvalue weighted by Crippen LogP contribution is 2.35. The summed E-state index contributed by atoms with van der Waals surface area (Å²) in [5.74, 6) is -0.459. The predicted octanol–water partition coefficient (Wildman–Crippen LogP) is 2.82. The van der Waals surface area contributed by atoms with Crippen molar-refractivity contribution in [1.82, 2.24) is 14.8 Å². The largest absolute Gasteiger partial charge is 0.465 e. The van der Waals surface area contributed by atoms with Crippen LogP contribution in [0.3, 0.4) is 0 Å². The second-order valence-electron chi connectivity index (χ2n) is 7.81. The third-order valence-corrected chi connectivity index (χ3v) is 8.76. The lowest BCUT2D eigenvalue weighted by Crippen LogP contribution is -2.28. The van der Waals surface area contributed by atoms with Crippen LogP contribution in [-0.4, -0.2) is 47.4 Å². The fourth-order valence-corrected chi connectivity index (χ4v) is 6.15. The number of esters is 1. The van der Waals surface area contributed by atoms with E-state index in [2.05, 4.69) is 20.1 Å². The van der Waals surface area contributed by atoms with Crippen LogP contribution in [0.4, 0.5) is 5.13 Å². The maximum Gasteiger partial charge on any atom is 0.349 e. The Morgan fingerprint density at radius 3 is 2.67 bits per heavy atom. The summed E-state index contributed by atoms with van der Waals surface area (Å²) in [4.78, 5) is 29.2. The lowest BCUT2D eigenvalue weighted by atomic mass is 9.98. The van der Waals surface area contributed by atoms with Gasteiger partial charge in [-0.2, -0.15) is 5.10 Å². The van der Waals surface area contributed by atoms with Gasteiger partial charge < -0.3 is 10.1 Å². The molecule has 2 aliphatic rings. The number of rotatable bonds is 8. The second-order valence-corrected chi connectivity index (χ2v) is 11.1. The van der Waals surface area contributed by atoms with E-state index in [0.29, 0.717) is 25.2 Å². The average molecular weight is 453 g/mol. The minimum Gasteiger partial charge on any atom is -0.465 e. The minimum atomic E-state index is -3.38. The molecule has 11 heteroatoms. The lowest BCUT2D eigenvalue weighted by molar-refractivity contribution is -0.120. The van der Waals surface area contributed by atoms with Crippen molar-refractivity contribution in [3.8, 4) is 0 Å². The van der Waals surface area contributed by atoms with E-state index in [1.54, 1.807) is 0 Å². The van der Waals surface area contributed by atoms with Gasteiger partial charge in [-0.1, -0.05) is 37.0 Å². The average Bonchev–Trinajstić information content (AvgIpc) is 3.13. The Bertz CT molecular complexity index is 1040. The van der Waals surface area contributed by atoms with Crippen molar-refractivity contribution in [2.45, 2.75) is 61.1 Å². The van der Waals surface area contributed by atoms with Gasteiger partial charge in [-0.3, -0.25) is 9.48 Å². The van der Waals surface area contributed by atoms with Gasteiger partial charge in [0.15, 0.2) is 15.0 Å². The van der Waals surface area contributed by atoms with E-state index in [-0.39, 0.29) is 26.1 Å². The molecule has 0 bridgehead atoms. The van der Waals surface area contributed by atoms with Crippen LogP contribution < -0.4 is 5.32 Å². The van der Waals surface area contributed by atoms with Crippen molar-refractivity contribution in [3.05, 3.63) is 23.5 Å². The molecule has 0 aliphatic heterocycles. The zero-order valence-electron chi connectivity index (χ0n) is 16.6. The van der Waals surface area contributed by atoms with Crippen LogP contribution >= 0.6 is 11.3 Å². The lowest BCUT2D eigenvalue weighted by Gasteiger charge is -2.20. The highest BCUT2D eigenvalue weighted by molar-refractivity contribution is 7.92. The Balaban J connectivity index is 1.55. The number of methoxy groups -OCH3 is 1. The molecule has 1 atom stereocenters. The fraction of sp³-hybridized carbons (Fsp3) is 0.579. The summed E-state index contributed by atoms with van der Waals surface area (Å²) in [5, 5.41) is 6.93. The van der Waals surface area contributed by atoms with Gasteiger partial charge in [-0.25, -0.2) is 18.2 Å². The van der Waals surface area contributed by atoms with Gasteiger partial charge in [0.25, 0.3) is 5.91 Å². The van der Waals surface area contributed by atoms with Crippen LogP contribution in [-0.2, 0) is 19.4 Å². The molecule has 4 rings (SSSR count). The number of thiazole rings is 1. The molecule has 1 N–H and O–H groups in total. The second kappa shape index (κ2) is 8.46. The van der Waals surface area contributed by atoms with Crippen molar-refractivity contribution in [3.63, 3.8) is 0 Å². The molecule has 162 valence electrons. The number of hydrogen-bond donors (Lipinski definition) is 1. The summed E-state index contributed by atoms with van der Waals surface area (Å²) in [6.45, 7) is 0. The summed E-state index contributed by atoms with van der Waals surface area (Å²) in [6, 6.07) is -0.651. The first-order valence-electron chi connectivity index (χ1n) is 10.0. The molecule has 2 aliphatic carbocycles. The topological polar surface area (TPSA) is 120 Å². The molecule has 0 saturated heterocycles. The molecule has 2 heterocycles. The van der Waals surface area contributed by atoms with Crippen molar-refractivity contribution in [2.24, 2.45) is 5.92 Å². The highest BCUT2D eigenvalue weighted by atomic mass is 32.2. The normalized spacial score (nSPS) is 18.3. The Hall–Kier alpha value is -2.27. The summed E-state index contributed by atoms with van der Waals surface area (Å²) in [6.07, 6.45) is 10.4. The van der Waals surface area contributed by atoms with Gasteiger partial charge in [0.2, 0.25) is 0 Å². The maximum atomic E-state index is 13.1. The number of nitrogens with one attached hydrogen (secondary N) is 1. The van der Waals surface area contributed by atoms with Gasteiger partial charge >= 0.3 is 5.97 Å². The molecular formula is C19H24N4O5S2. The predicted molar refractivity (Wildman–Crippen MR) is 110 cm³/mol. The molecule has 30 heavy (non-hydrogen) atoms. The molecule has 2 fully saturated rings. The number of hydrogen-bond acceptors (Lipinski definition) is 8. The molecule has 2 saturated carbocycles.